The summed E-state index contributed by atoms with van der Waals surface area (Å²) in [7, 11) is 0. The summed E-state index contributed by atoms with van der Waals surface area (Å²) >= 11 is 4.10. The van der Waals surface area contributed by atoms with Gasteiger partial charge in [0.2, 0.25) is 0 Å². The Labute approximate surface area is 83.6 Å². The van der Waals surface area contributed by atoms with Gasteiger partial charge in [-0.2, -0.15) is 17.6 Å². The molecule has 0 unspecified atom stereocenters. The van der Waals surface area contributed by atoms with Crippen molar-refractivity contribution in [1.82, 2.24) is 5.32 Å². The van der Waals surface area contributed by atoms with E-state index >= 15 is 0 Å². The van der Waals surface area contributed by atoms with E-state index in [9.17, 15) is 22.4 Å². The maximum Gasteiger partial charge on any atom is 0.400 e. The quantitative estimate of drug-likeness (QED) is 0.578. The van der Waals surface area contributed by atoms with Gasteiger partial charge >= 0.3 is 11.3 Å². The molecule has 0 rings (SSSR count). The highest BCUT2D eigenvalue weighted by Crippen LogP contribution is 2.38. The number of halogens is 5. The second-order valence-corrected chi connectivity index (χ2v) is 4.25. The Morgan fingerprint density at radius 1 is 1.14 bits per heavy atom. The molecule has 7 heteroatoms. The van der Waals surface area contributed by atoms with Gasteiger partial charge in [0.15, 0.2) is 0 Å². The largest absolute Gasteiger partial charge is 0.400 e. The molecular weight excluding hydrogens is 226 g/mol. The van der Waals surface area contributed by atoms with Crippen LogP contribution in [-0.4, -0.2) is 22.8 Å². The zero-order chi connectivity index (χ0) is 11.8. The lowest BCUT2D eigenvalue weighted by Gasteiger charge is -2.26. The number of hydrogen-bond acceptors (Lipinski definition) is 1. The third-order valence-corrected chi connectivity index (χ3v) is 1.37. The zero-order valence-electron chi connectivity index (χ0n) is 7.80. The average molecular weight is 236 g/mol. The van der Waals surface area contributed by atoms with Crippen LogP contribution in [0.5, 0.6) is 0 Å². The van der Waals surface area contributed by atoms with E-state index in [0.717, 1.165) is 0 Å². The van der Waals surface area contributed by atoms with Crippen LogP contribution in [0.2, 0.25) is 0 Å². The van der Waals surface area contributed by atoms with Crippen LogP contribution in [0.3, 0.4) is 0 Å². The van der Waals surface area contributed by atoms with Crippen molar-refractivity contribution in [3.05, 3.63) is 0 Å². The number of amides is 1. The van der Waals surface area contributed by atoms with Crippen molar-refractivity contribution in [2.24, 2.45) is 0 Å². The Morgan fingerprint density at radius 3 is 1.71 bits per heavy atom. The number of alkyl halides is 5. The number of carbonyl (C=O) groups excluding carboxylic acids is 1. The summed E-state index contributed by atoms with van der Waals surface area (Å²) in [6.07, 6.45) is 0. The summed E-state index contributed by atoms with van der Waals surface area (Å²) in [6.45, 7) is 4.15. The number of nitrogens with one attached hydrogen (secondary N) is 1. The monoisotopic (exact) mass is 235 g/mol. The van der Waals surface area contributed by atoms with Crippen molar-refractivity contribution in [3.8, 4) is 0 Å². The molecule has 0 aromatic carbocycles. The molecule has 0 saturated heterocycles. The predicted molar refractivity (Wildman–Crippen MR) is 43.6 cm³/mol. The van der Waals surface area contributed by atoms with Crippen molar-refractivity contribution >= 4 is 17.5 Å². The van der Waals surface area contributed by atoms with Gasteiger partial charge in [0.05, 0.1) is 0 Å². The van der Waals surface area contributed by atoms with E-state index in [1.54, 1.807) is 5.32 Å². The molecule has 1 amide bonds. The van der Waals surface area contributed by atoms with Crippen LogP contribution in [-0.2, 0) is 4.79 Å². The van der Waals surface area contributed by atoms with Gasteiger partial charge in [-0.25, -0.2) is 0 Å². The molecule has 0 aromatic heterocycles. The molecule has 0 aliphatic rings. The molecular formula is C7H10ClF4NO. The highest BCUT2D eigenvalue weighted by Gasteiger charge is 2.61. The molecule has 0 aliphatic heterocycles. The van der Waals surface area contributed by atoms with Crippen LogP contribution in [0.4, 0.5) is 17.6 Å². The highest BCUT2D eigenvalue weighted by molar-refractivity contribution is 6.24. The fraction of sp³-hybridized carbons (Fsp3) is 0.857. The summed E-state index contributed by atoms with van der Waals surface area (Å²) < 4.78 is 49.3. The summed E-state index contributed by atoms with van der Waals surface area (Å²) in [5, 5.41) is -3.17. The van der Waals surface area contributed by atoms with Gasteiger partial charge in [-0.1, -0.05) is 0 Å². The van der Waals surface area contributed by atoms with E-state index < -0.39 is 22.8 Å². The van der Waals surface area contributed by atoms with Crippen LogP contribution in [0, 0.1) is 0 Å². The summed E-state index contributed by atoms with van der Waals surface area (Å²) in [6, 6.07) is 0. The van der Waals surface area contributed by atoms with Crippen LogP contribution in [0.25, 0.3) is 0 Å². The normalized spacial score (nSPS) is 14.0. The molecule has 0 heterocycles. The Bertz CT molecular complexity index is 231. The molecule has 14 heavy (non-hydrogen) atoms. The molecule has 1 N–H and O–H groups in total. The molecule has 0 fully saturated rings. The lowest BCUT2D eigenvalue weighted by Crippen LogP contribution is -2.54. The summed E-state index contributed by atoms with van der Waals surface area (Å²) in [5.74, 6) is -7.01. The molecule has 0 atom stereocenters. The minimum Gasteiger partial charge on any atom is -0.346 e. The second kappa shape index (κ2) is 3.56. The third-order valence-electron chi connectivity index (χ3n) is 1.13. The molecule has 2 nitrogen and oxygen atoms in total. The lowest BCUT2D eigenvalue weighted by molar-refractivity contribution is -0.182. The first kappa shape index (κ1) is 13.5. The Kier molecular flexibility index (Phi) is 3.43. The van der Waals surface area contributed by atoms with Crippen molar-refractivity contribution in [2.75, 3.05) is 0 Å². The standard InChI is InChI=1S/C7H10ClF4NO/c1-5(2,3)13-4(14)6(9,10)7(8,11)12/h1-3H3,(H,13,14). The first-order valence-electron chi connectivity index (χ1n) is 3.65. The fourth-order valence-electron chi connectivity index (χ4n) is 0.548. The first-order chi connectivity index (χ1) is 5.88. The molecule has 0 aromatic rings. The van der Waals surface area contributed by atoms with Gasteiger partial charge in [0.25, 0.3) is 5.91 Å². The molecule has 0 aliphatic carbocycles. The molecule has 0 spiro atoms. The van der Waals surface area contributed by atoms with E-state index in [1.165, 1.54) is 20.8 Å². The highest BCUT2D eigenvalue weighted by atomic mass is 35.5. The average Bonchev–Trinajstić information content (AvgIpc) is 1.80. The van der Waals surface area contributed by atoms with Crippen LogP contribution >= 0.6 is 11.6 Å². The van der Waals surface area contributed by atoms with Crippen molar-refractivity contribution in [3.63, 3.8) is 0 Å². The van der Waals surface area contributed by atoms with Crippen LogP contribution in [0.15, 0.2) is 0 Å². The van der Waals surface area contributed by atoms with Gasteiger partial charge in [0.1, 0.15) is 0 Å². The molecule has 0 bridgehead atoms. The Morgan fingerprint density at radius 2 is 1.50 bits per heavy atom. The molecule has 84 valence electrons. The minimum atomic E-state index is -4.91. The van der Waals surface area contributed by atoms with Gasteiger partial charge < -0.3 is 5.32 Å². The number of rotatable bonds is 2. The van der Waals surface area contributed by atoms with E-state index in [2.05, 4.69) is 11.6 Å². The first-order valence-corrected chi connectivity index (χ1v) is 4.03. The van der Waals surface area contributed by atoms with Crippen molar-refractivity contribution < 1.29 is 22.4 Å². The van der Waals surface area contributed by atoms with Gasteiger partial charge in [-0.3, -0.25) is 4.79 Å². The maximum atomic E-state index is 12.6. The van der Waals surface area contributed by atoms with E-state index in [1.807, 2.05) is 0 Å². The Hall–Kier alpha value is -0.520. The third kappa shape index (κ3) is 3.32. The second-order valence-electron chi connectivity index (χ2n) is 3.78. The topological polar surface area (TPSA) is 29.1 Å². The van der Waals surface area contributed by atoms with Crippen LogP contribution in [0.1, 0.15) is 20.8 Å². The summed E-state index contributed by atoms with van der Waals surface area (Å²) in [5.41, 5.74) is -1.03. The maximum absolute atomic E-state index is 12.6. The zero-order valence-corrected chi connectivity index (χ0v) is 8.55. The molecule has 0 radical (unpaired) electrons. The number of carbonyl (C=O) groups is 1. The number of hydrogen-bond donors (Lipinski definition) is 1. The molecule has 0 saturated carbocycles. The van der Waals surface area contributed by atoms with E-state index in [4.69, 9.17) is 0 Å². The minimum absolute atomic E-state index is 1.03. The van der Waals surface area contributed by atoms with Crippen molar-refractivity contribution in [1.29, 1.82) is 0 Å². The lowest BCUT2D eigenvalue weighted by atomic mass is 10.1. The van der Waals surface area contributed by atoms with E-state index in [0.29, 0.717) is 0 Å². The van der Waals surface area contributed by atoms with Gasteiger partial charge in [-0.15, -0.1) is 0 Å². The van der Waals surface area contributed by atoms with Crippen LogP contribution < -0.4 is 5.32 Å². The fourth-order valence-corrected chi connectivity index (χ4v) is 0.634. The van der Waals surface area contributed by atoms with Gasteiger partial charge in [0, 0.05) is 5.54 Å². The SMILES string of the molecule is CC(C)(C)NC(=O)C(F)(F)C(F)(F)Cl. The summed E-state index contributed by atoms with van der Waals surface area (Å²) in [4.78, 5) is 10.7. The smallest absolute Gasteiger partial charge is 0.346 e. The predicted octanol–water partition coefficient (Wildman–Crippen LogP) is 2.37. The van der Waals surface area contributed by atoms with Gasteiger partial charge in [-0.05, 0) is 32.4 Å². The Balaban J connectivity index is 4.70. The van der Waals surface area contributed by atoms with E-state index in [-0.39, 0.29) is 0 Å². The van der Waals surface area contributed by atoms with Crippen molar-refractivity contribution in [2.45, 2.75) is 37.6 Å².